The van der Waals surface area contributed by atoms with Crippen LogP contribution in [0.15, 0.2) is 30.7 Å². The monoisotopic (exact) mass is 260 g/mol. The highest BCUT2D eigenvalue weighted by Gasteiger charge is 2.11. The van der Waals surface area contributed by atoms with Crippen LogP contribution in [0.4, 0.5) is 5.69 Å². The molecule has 2 aromatic heterocycles. The average molecular weight is 260 g/mol. The van der Waals surface area contributed by atoms with E-state index in [4.69, 9.17) is 4.74 Å². The molecule has 0 aliphatic carbocycles. The predicted molar refractivity (Wildman–Crippen MR) is 75.7 cm³/mol. The minimum atomic E-state index is 0.275. The lowest BCUT2D eigenvalue weighted by Crippen LogP contribution is -2.24. The Kier molecular flexibility index (Phi) is 4.52. The number of anilines is 1. The maximum Gasteiger partial charge on any atom is 0.161 e. The second-order valence-corrected chi connectivity index (χ2v) is 4.42. The summed E-state index contributed by atoms with van der Waals surface area (Å²) in [5.74, 6) is 1.79. The third-order valence-electron chi connectivity index (χ3n) is 3.06. The zero-order valence-corrected chi connectivity index (χ0v) is 11.6. The Morgan fingerprint density at radius 3 is 2.84 bits per heavy atom. The van der Waals surface area contributed by atoms with Crippen LogP contribution in [-0.2, 0) is 4.74 Å². The zero-order valence-electron chi connectivity index (χ0n) is 11.6. The van der Waals surface area contributed by atoms with E-state index in [9.17, 15) is 0 Å². The van der Waals surface area contributed by atoms with E-state index in [0.717, 1.165) is 23.8 Å². The number of hydrogen-bond donors (Lipinski definition) is 1. The number of aromatic nitrogens is 3. The third kappa shape index (κ3) is 3.12. The standard InChI is InChI=1S/C14H20N4O/c1-4-12(10-19-3)17-13-6-5-7-16-14(13)18-9-8-15-11(18)2/h5-9,12,17H,4,10H2,1-3H3. The summed E-state index contributed by atoms with van der Waals surface area (Å²) in [5, 5.41) is 3.48. The van der Waals surface area contributed by atoms with Gasteiger partial charge in [-0.1, -0.05) is 6.92 Å². The lowest BCUT2D eigenvalue weighted by Gasteiger charge is -2.19. The number of hydrogen-bond acceptors (Lipinski definition) is 4. The van der Waals surface area contributed by atoms with Gasteiger partial charge in [0.1, 0.15) is 5.82 Å². The van der Waals surface area contributed by atoms with Crippen LogP contribution in [0, 0.1) is 6.92 Å². The first-order valence-electron chi connectivity index (χ1n) is 6.47. The SMILES string of the molecule is CCC(COC)Nc1cccnc1-n1ccnc1C. The number of ether oxygens (including phenoxy) is 1. The Labute approximate surface area is 113 Å². The normalized spacial score (nSPS) is 12.4. The number of nitrogens with one attached hydrogen (secondary N) is 1. The molecule has 0 radical (unpaired) electrons. The van der Waals surface area contributed by atoms with Crippen molar-refractivity contribution >= 4 is 5.69 Å². The number of rotatable bonds is 6. The van der Waals surface area contributed by atoms with Crippen molar-refractivity contribution in [2.45, 2.75) is 26.3 Å². The van der Waals surface area contributed by atoms with Gasteiger partial charge in [0.05, 0.1) is 12.3 Å². The van der Waals surface area contributed by atoms with Gasteiger partial charge < -0.3 is 10.1 Å². The van der Waals surface area contributed by atoms with Gasteiger partial charge in [-0.3, -0.25) is 4.57 Å². The van der Waals surface area contributed by atoms with Crippen LogP contribution in [0.3, 0.4) is 0 Å². The summed E-state index contributed by atoms with van der Waals surface area (Å²) in [7, 11) is 1.72. The molecule has 1 unspecified atom stereocenters. The van der Waals surface area contributed by atoms with Crippen molar-refractivity contribution in [3.8, 4) is 5.82 Å². The van der Waals surface area contributed by atoms with E-state index in [2.05, 4.69) is 22.2 Å². The zero-order chi connectivity index (χ0) is 13.7. The number of pyridine rings is 1. The molecule has 0 saturated carbocycles. The second kappa shape index (κ2) is 6.33. The summed E-state index contributed by atoms with van der Waals surface area (Å²) in [6.07, 6.45) is 6.47. The Morgan fingerprint density at radius 1 is 1.37 bits per heavy atom. The molecule has 5 heteroatoms. The number of nitrogens with zero attached hydrogens (tertiary/aromatic N) is 3. The van der Waals surface area contributed by atoms with E-state index in [0.29, 0.717) is 6.61 Å². The van der Waals surface area contributed by atoms with Gasteiger partial charge in [0, 0.05) is 31.7 Å². The molecular weight excluding hydrogens is 240 g/mol. The molecular formula is C14H20N4O. The van der Waals surface area contributed by atoms with Crippen LogP contribution in [0.1, 0.15) is 19.2 Å². The highest BCUT2D eigenvalue weighted by Crippen LogP contribution is 2.19. The van der Waals surface area contributed by atoms with E-state index in [-0.39, 0.29) is 6.04 Å². The largest absolute Gasteiger partial charge is 0.383 e. The van der Waals surface area contributed by atoms with Crippen molar-refractivity contribution in [3.05, 3.63) is 36.5 Å². The van der Waals surface area contributed by atoms with Gasteiger partial charge >= 0.3 is 0 Å². The minimum Gasteiger partial charge on any atom is -0.383 e. The van der Waals surface area contributed by atoms with Crippen LogP contribution in [0.25, 0.3) is 5.82 Å². The van der Waals surface area contributed by atoms with Crippen LogP contribution in [-0.4, -0.2) is 34.3 Å². The van der Waals surface area contributed by atoms with E-state index in [1.807, 2.05) is 29.8 Å². The first-order valence-corrected chi connectivity index (χ1v) is 6.47. The fraction of sp³-hybridized carbons (Fsp3) is 0.429. The average Bonchev–Trinajstić information content (AvgIpc) is 2.85. The van der Waals surface area contributed by atoms with Crippen molar-refractivity contribution in [1.82, 2.24) is 14.5 Å². The van der Waals surface area contributed by atoms with Gasteiger partial charge in [-0.05, 0) is 25.5 Å². The van der Waals surface area contributed by atoms with Gasteiger partial charge in [-0.25, -0.2) is 9.97 Å². The molecule has 0 amide bonds. The molecule has 5 nitrogen and oxygen atoms in total. The molecule has 2 heterocycles. The molecule has 2 rings (SSSR count). The van der Waals surface area contributed by atoms with Gasteiger partial charge in [0.15, 0.2) is 5.82 Å². The topological polar surface area (TPSA) is 52.0 Å². The van der Waals surface area contributed by atoms with Crippen LogP contribution >= 0.6 is 0 Å². The Hall–Kier alpha value is -1.88. The van der Waals surface area contributed by atoms with Crippen molar-refractivity contribution in [2.75, 3.05) is 19.0 Å². The third-order valence-corrected chi connectivity index (χ3v) is 3.06. The summed E-state index contributed by atoms with van der Waals surface area (Å²) in [6, 6.07) is 4.23. The molecule has 0 saturated heterocycles. The lowest BCUT2D eigenvalue weighted by atomic mass is 10.2. The van der Waals surface area contributed by atoms with Crippen LogP contribution < -0.4 is 5.32 Å². The van der Waals surface area contributed by atoms with Crippen LogP contribution in [0.2, 0.25) is 0 Å². The molecule has 0 bridgehead atoms. The van der Waals surface area contributed by atoms with Gasteiger partial charge in [0.2, 0.25) is 0 Å². The maximum atomic E-state index is 5.22. The van der Waals surface area contributed by atoms with E-state index >= 15 is 0 Å². The molecule has 0 fully saturated rings. The van der Waals surface area contributed by atoms with E-state index in [1.165, 1.54) is 0 Å². The summed E-state index contributed by atoms with van der Waals surface area (Å²) in [4.78, 5) is 8.69. The number of methoxy groups -OCH3 is 1. The number of aryl methyl sites for hydroxylation is 1. The molecule has 19 heavy (non-hydrogen) atoms. The predicted octanol–water partition coefficient (Wildman–Crippen LogP) is 2.41. The molecule has 0 aromatic carbocycles. The molecule has 0 aliphatic heterocycles. The molecule has 0 aliphatic rings. The lowest BCUT2D eigenvalue weighted by molar-refractivity contribution is 0.184. The highest BCUT2D eigenvalue weighted by atomic mass is 16.5. The summed E-state index contributed by atoms with van der Waals surface area (Å²) in [6.45, 7) is 4.77. The Morgan fingerprint density at radius 2 is 2.21 bits per heavy atom. The Balaban J connectivity index is 2.29. The molecule has 1 atom stereocenters. The molecule has 2 aromatic rings. The molecule has 1 N–H and O–H groups in total. The van der Waals surface area contributed by atoms with Gasteiger partial charge in [0.25, 0.3) is 0 Å². The van der Waals surface area contributed by atoms with Crippen molar-refractivity contribution in [3.63, 3.8) is 0 Å². The highest BCUT2D eigenvalue weighted by molar-refractivity contribution is 5.57. The molecule has 102 valence electrons. The second-order valence-electron chi connectivity index (χ2n) is 4.42. The van der Waals surface area contributed by atoms with Gasteiger partial charge in [-0.15, -0.1) is 0 Å². The summed E-state index contributed by atoms with van der Waals surface area (Å²) >= 11 is 0. The summed E-state index contributed by atoms with van der Waals surface area (Å²) in [5.41, 5.74) is 0.993. The maximum absolute atomic E-state index is 5.22. The molecule has 0 spiro atoms. The first-order chi connectivity index (χ1) is 9.26. The van der Waals surface area contributed by atoms with Gasteiger partial charge in [-0.2, -0.15) is 0 Å². The fourth-order valence-electron chi connectivity index (χ4n) is 1.99. The van der Waals surface area contributed by atoms with E-state index in [1.54, 1.807) is 19.5 Å². The number of imidazole rings is 1. The van der Waals surface area contributed by atoms with Crippen molar-refractivity contribution in [2.24, 2.45) is 0 Å². The Bertz CT molecular complexity index is 524. The smallest absolute Gasteiger partial charge is 0.161 e. The van der Waals surface area contributed by atoms with Crippen molar-refractivity contribution < 1.29 is 4.74 Å². The quantitative estimate of drug-likeness (QED) is 0.866. The van der Waals surface area contributed by atoms with Crippen LogP contribution in [0.5, 0.6) is 0 Å². The fourth-order valence-corrected chi connectivity index (χ4v) is 1.99. The minimum absolute atomic E-state index is 0.275. The van der Waals surface area contributed by atoms with E-state index < -0.39 is 0 Å². The first kappa shape index (κ1) is 13.5. The summed E-state index contributed by atoms with van der Waals surface area (Å²) < 4.78 is 7.19. The van der Waals surface area contributed by atoms with Crippen molar-refractivity contribution in [1.29, 1.82) is 0 Å².